The van der Waals surface area contributed by atoms with Crippen molar-refractivity contribution in [3.8, 4) is 11.4 Å². The number of hydrogen-bond acceptors (Lipinski definition) is 4. The lowest BCUT2D eigenvalue weighted by Gasteiger charge is -2.05. The lowest BCUT2D eigenvalue weighted by molar-refractivity contribution is 0.270. The van der Waals surface area contributed by atoms with E-state index in [0.717, 1.165) is 28.4 Å². The number of thiophene rings is 1. The number of fused-ring (bicyclic) bond motifs is 1. The van der Waals surface area contributed by atoms with Crippen LogP contribution in [0.15, 0.2) is 35.7 Å². The van der Waals surface area contributed by atoms with Gasteiger partial charge in [-0.25, -0.2) is 9.67 Å². The minimum absolute atomic E-state index is 0.0353. The average Bonchev–Trinajstić information content (AvgIpc) is 3.30. The van der Waals surface area contributed by atoms with Crippen molar-refractivity contribution in [2.45, 2.75) is 26.8 Å². The van der Waals surface area contributed by atoms with Gasteiger partial charge in [-0.15, -0.1) is 11.3 Å². The number of nitrogens with one attached hydrogen (secondary N) is 1. The number of H-pyrrole nitrogens is 1. The number of aliphatic hydroxyl groups excluding tert-OH is 1. The maximum absolute atomic E-state index is 9.42. The standard InChI is InChI=1S/C19H20N4OS/c1-12-13(2)20-18-15(12)6-3-7-16(18)19-21-17(22-23(19)8-9-24)11-14-5-4-10-25-14/h3-7,10,20,24H,8-9,11H2,1-2H3. The fourth-order valence-electron chi connectivity index (χ4n) is 3.15. The Labute approximate surface area is 150 Å². The molecule has 0 aliphatic heterocycles. The van der Waals surface area contributed by atoms with E-state index in [-0.39, 0.29) is 6.61 Å². The predicted molar refractivity (Wildman–Crippen MR) is 101 cm³/mol. The van der Waals surface area contributed by atoms with Crippen LogP contribution in [0.2, 0.25) is 0 Å². The number of para-hydroxylation sites is 1. The van der Waals surface area contributed by atoms with E-state index in [9.17, 15) is 5.11 Å². The molecule has 0 saturated heterocycles. The number of nitrogens with zero attached hydrogens (tertiary/aromatic N) is 3. The fraction of sp³-hybridized carbons (Fsp3) is 0.263. The van der Waals surface area contributed by atoms with Crippen molar-refractivity contribution < 1.29 is 5.11 Å². The van der Waals surface area contributed by atoms with Crippen molar-refractivity contribution in [3.63, 3.8) is 0 Å². The molecule has 0 atom stereocenters. The first-order valence-electron chi connectivity index (χ1n) is 8.32. The van der Waals surface area contributed by atoms with Crippen LogP contribution in [0.1, 0.15) is 22.0 Å². The molecular formula is C19H20N4OS. The summed E-state index contributed by atoms with van der Waals surface area (Å²) in [5.41, 5.74) is 4.51. The first-order valence-corrected chi connectivity index (χ1v) is 9.20. The zero-order chi connectivity index (χ0) is 17.4. The number of aromatic amines is 1. The van der Waals surface area contributed by atoms with Crippen LogP contribution in [0.25, 0.3) is 22.3 Å². The summed E-state index contributed by atoms with van der Waals surface area (Å²) >= 11 is 1.71. The lowest BCUT2D eigenvalue weighted by atomic mass is 10.1. The van der Waals surface area contributed by atoms with Crippen molar-refractivity contribution in [2.24, 2.45) is 0 Å². The Morgan fingerprint density at radius 1 is 1.20 bits per heavy atom. The van der Waals surface area contributed by atoms with Gasteiger partial charge in [-0.3, -0.25) is 0 Å². The van der Waals surface area contributed by atoms with Crippen molar-refractivity contribution in [1.82, 2.24) is 19.7 Å². The van der Waals surface area contributed by atoms with Crippen LogP contribution in [0.4, 0.5) is 0 Å². The third-order valence-corrected chi connectivity index (χ3v) is 5.40. The molecule has 128 valence electrons. The molecule has 4 aromatic rings. The van der Waals surface area contributed by atoms with E-state index < -0.39 is 0 Å². The molecule has 0 fully saturated rings. The minimum Gasteiger partial charge on any atom is -0.394 e. The molecule has 3 heterocycles. The highest BCUT2D eigenvalue weighted by Gasteiger charge is 2.17. The van der Waals surface area contributed by atoms with E-state index in [1.165, 1.54) is 15.8 Å². The summed E-state index contributed by atoms with van der Waals surface area (Å²) in [4.78, 5) is 9.50. The molecule has 0 amide bonds. The van der Waals surface area contributed by atoms with Crippen LogP contribution in [0, 0.1) is 13.8 Å². The van der Waals surface area contributed by atoms with Crippen molar-refractivity contribution in [3.05, 3.63) is 57.7 Å². The van der Waals surface area contributed by atoms with Gasteiger partial charge >= 0.3 is 0 Å². The predicted octanol–water partition coefficient (Wildman–Crippen LogP) is 3.69. The molecule has 5 nitrogen and oxygen atoms in total. The molecular weight excluding hydrogens is 332 g/mol. The van der Waals surface area contributed by atoms with Crippen LogP contribution in [0.5, 0.6) is 0 Å². The first kappa shape index (κ1) is 16.1. The molecule has 0 unspecified atom stereocenters. The lowest BCUT2D eigenvalue weighted by Crippen LogP contribution is -2.06. The van der Waals surface area contributed by atoms with E-state index in [2.05, 4.69) is 53.6 Å². The second-order valence-electron chi connectivity index (χ2n) is 6.16. The van der Waals surface area contributed by atoms with E-state index in [4.69, 9.17) is 4.98 Å². The first-order chi connectivity index (χ1) is 12.2. The van der Waals surface area contributed by atoms with Crippen molar-refractivity contribution in [2.75, 3.05) is 6.61 Å². The van der Waals surface area contributed by atoms with Crippen LogP contribution in [-0.2, 0) is 13.0 Å². The van der Waals surface area contributed by atoms with Gasteiger partial charge in [0.1, 0.15) is 0 Å². The zero-order valence-corrected chi connectivity index (χ0v) is 15.1. The summed E-state index contributed by atoms with van der Waals surface area (Å²) in [5, 5.41) is 17.3. The molecule has 4 rings (SSSR count). The smallest absolute Gasteiger partial charge is 0.160 e. The Balaban J connectivity index is 1.84. The number of benzene rings is 1. The monoisotopic (exact) mass is 352 g/mol. The zero-order valence-electron chi connectivity index (χ0n) is 14.3. The Kier molecular flexibility index (Phi) is 4.15. The van der Waals surface area contributed by atoms with Gasteiger partial charge in [-0.05, 0) is 36.9 Å². The number of aliphatic hydroxyl groups is 1. The summed E-state index contributed by atoms with van der Waals surface area (Å²) in [5.74, 6) is 1.58. The van der Waals surface area contributed by atoms with Gasteiger partial charge in [0.25, 0.3) is 0 Å². The van der Waals surface area contributed by atoms with E-state index >= 15 is 0 Å². The Hall–Kier alpha value is -2.44. The molecule has 0 aliphatic carbocycles. The highest BCUT2D eigenvalue weighted by atomic mass is 32.1. The maximum Gasteiger partial charge on any atom is 0.160 e. The average molecular weight is 352 g/mol. The van der Waals surface area contributed by atoms with Gasteiger partial charge in [-0.1, -0.05) is 18.2 Å². The molecule has 0 saturated carbocycles. The highest BCUT2D eigenvalue weighted by Crippen LogP contribution is 2.30. The van der Waals surface area contributed by atoms with Gasteiger partial charge in [0.2, 0.25) is 0 Å². The quantitative estimate of drug-likeness (QED) is 0.576. The molecule has 0 bridgehead atoms. The Morgan fingerprint density at radius 3 is 2.84 bits per heavy atom. The molecule has 25 heavy (non-hydrogen) atoms. The molecule has 2 N–H and O–H groups in total. The van der Waals surface area contributed by atoms with E-state index in [1.807, 2.05) is 10.7 Å². The molecule has 0 spiro atoms. The maximum atomic E-state index is 9.42. The fourth-order valence-corrected chi connectivity index (χ4v) is 3.85. The normalized spacial score (nSPS) is 11.5. The van der Waals surface area contributed by atoms with Crippen molar-refractivity contribution in [1.29, 1.82) is 0 Å². The Morgan fingerprint density at radius 2 is 2.08 bits per heavy atom. The summed E-state index contributed by atoms with van der Waals surface area (Å²) in [6.45, 7) is 4.67. The number of rotatable bonds is 5. The highest BCUT2D eigenvalue weighted by molar-refractivity contribution is 7.09. The van der Waals surface area contributed by atoms with Crippen molar-refractivity contribution >= 4 is 22.2 Å². The Bertz CT molecular complexity index is 1010. The molecule has 3 aromatic heterocycles. The molecule has 6 heteroatoms. The summed E-state index contributed by atoms with van der Waals surface area (Å²) in [6.07, 6.45) is 0.710. The minimum atomic E-state index is 0.0353. The number of aromatic nitrogens is 4. The van der Waals surface area contributed by atoms with Crippen LogP contribution < -0.4 is 0 Å². The van der Waals surface area contributed by atoms with Gasteiger partial charge in [0, 0.05) is 27.9 Å². The van der Waals surface area contributed by atoms with Crippen LogP contribution >= 0.6 is 11.3 Å². The third-order valence-electron chi connectivity index (χ3n) is 4.52. The molecule has 1 aromatic carbocycles. The molecule has 0 radical (unpaired) electrons. The third kappa shape index (κ3) is 2.88. The topological polar surface area (TPSA) is 66.7 Å². The van der Waals surface area contributed by atoms with Gasteiger partial charge < -0.3 is 10.1 Å². The van der Waals surface area contributed by atoms with Gasteiger partial charge in [-0.2, -0.15) is 5.10 Å². The van der Waals surface area contributed by atoms with E-state index in [1.54, 1.807) is 11.3 Å². The van der Waals surface area contributed by atoms with Crippen LogP contribution in [-0.4, -0.2) is 31.5 Å². The summed E-state index contributed by atoms with van der Waals surface area (Å²) < 4.78 is 1.81. The van der Waals surface area contributed by atoms with Crippen LogP contribution in [0.3, 0.4) is 0 Å². The summed E-state index contributed by atoms with van der Waals surface area (Å²) in [7, 11) is 0. The second kappa shape index (κ2) is 6.46. The SMILES string of the molecule is Cc1[nH]c2c(-c3nc(Cc4cccs4)nn3CCO)cccc2c1C. The second-order valence-corrected chi connectivity index (χ2v) is 7.19. The number of aryl methyl sites for hydroxylation is 2. The molecule has 0 aliphatic rings. The largest absolute Gasteiger partial charge is 0.394 e. The number of hydrogen-bond donors (Lipinski definition) is 2. The van der Waals surface area contributed by atoms with Gasteiger partial charge in [0.15, 0.2) is 11.6 Å². The van der Waals surface area contributed by atoms with E-state index in [0.29, 0.717) is 13.0 Å². The summed E-state index contributed by atoms with van der Waals surface area (Å²) in [6, 6.07) is 10.4. The van der Waals surface area contributed by atoms with Gasteiger partial charge in [0.05, 0.1) is 18.7 Å².